The first-order valence-electron chi connectivity index (χ1n) is 7.02. The molecule has 1 unspecified atom stereocenters. The van der Waals surface area contributed by atoms with Crippen molar-refractivity contribution in [3.63, 3.8) is 0 Å². The van der Waals surface area contributed by atoms with Gasteiger partial charge in [0.15, 0.2) is 0 Å². The standard InChI is InChI=1S/C16H26ClNS/c1-5-9-18-15(12-19-16(2,3)4)11-13-7-6-8-14(17)10-13/h6-8,10,15,18H,5,9,11-12H2,1-4H3. The van der Waals surface area contributed by atoms with E-state index in [1.165, 1.54) is 12.0 Å². The first-order chi connectivity index (χ1) is 8.90. The first-order valence-corrected chi connectivity index (χ1v) is 8.39. The van der Waals surface area contributed by atoms with E-state index in [9.17, 15) is 0 Å². The highest BCUT2D eigenvalue weighted by Gasteiger charge is 2.15. The highest BCUT2D eigenvalue weighted by molar-refractivity contribution is 8.00. The molecule has 19 heavy (non-hydrogen) atoms. The van der Waals surface area contributed by atoms with Crippen molar-refractivity contribution < 1.29 is 0 Å². The molecule has 0 bridgehead atoms. The maximum absolute atomic E-state index is 6.06. The molecule has 108 valence electrons. The minimum atomic E-state index is 0.320. The van der Waals surface area contributed by atoms with Crippen molar-refractivity contribution in [2.45, 2.75) is 51.3 Å². The number of benzene rings is 1. The fraction of sp³-hybridized carbons (Fsp3) is 0.625. The highest BCUT2D eigenvalue weighted by Crippen LogP contribution is 2.24. The lowest BCUT2D eigenvalue weighted by Gasteiger charge is -2.24. The lowest BCUT2D eigenvalue weighted by molar-refractivity contribution is 0.548. The van der Waals surface area contributed by atoms with Crippen molar-refractivity contribution in [1.29, 1.82) is 0 Å². The van der Waals surface area contributed by atoms with Gasteiger partial charge >= 0.3 is 0 Å². The SMILES string of the molecule is CCCNC(CSC(C)(C)C)Cc1cccc(Cl)c1. The van der Waals surface area contributed by atoms with Gasteiger partial charge in [-0.05, 0) is 37.1 Å². The van der Waals surface area contributed by atoms with E-state index in [4.69, 9.17) is 11.6 Å². The van der Waals surface area contributed by atoms with Crippen LogP contribution in [0, 0.1) is 0 Å². The van der Waals surface area contributed by atoms with Crippen LogP contribution in [0.15, 0.2) is 24.3 Å². The summed E-state index contributed by atoms with van der Waals surface area (Å²) < 4.78 is 0.320. The zero-order chi connectivity index (χ0) is 14.3. The Morgan fingerprint density at radius 3 is 2.63 bits per heavy atom. The fourth-order valence-corrected chi connectivity index (χ4v) is 2.99. The van der Waals surface area contributed by atoms with Gasteiger partial charge in [-0.1, -0.05) is 51.4 Å². The summed E-state index contributed by atoms with van der Waals surface area (Å²) in [4.78, 5) is 0. The molecule has 0 aliphatic heterocycles. The summed E-state index contributed by atoms with van der Waals surface area (Å²) in [5.74, 6) is 1.13. The van der Waals surface area contributed by atoms with Gasteiger partial charge in [0.25, 0.3) is 0 Å². The molecular weight excluding hydrogens is 274 g/mol. The van der Waals surface area contributed by atoms with Gasteiger partial charge in [-0.3, -0.25) is 0 Å². The van der Waals surface area contributed by atoms with Gasteiger partial charge in [-0.2, -0.15) is 11.8 Å². The molecule has 0 fully saturated rings. The molecule has 0 aliphatic rings. The molecule has 0 radical (unpaired) electrons. The number of hydrogen-bond donors (Lipinski definition) is 1. The predicted molar refractivity (Wildman–Crippen MR) is 89.4 cm³/mol. The molecule has 0 aliphatic carbocycles. The summed E-state index contributed by atoms with van der Waals surface area (Å²) in [6.45, 7) is 10.1. The summed E-state index contributed by atoms with van der Waals surface area (Å²) in [5.41, 5.74) is 1.32. The van der Waals surface area contributed by atoms with Gasteiger partial charge in [0.1, 0.15) is 0 Å². The molecule has 1 nitrogen and oxygen atoms in total. The molecule has 1 atom stereocenters. The lowest BCUT2D eigenvalue weighted by Crippen LogP contribution is -2.35. The summed E-state index contributed by atoms with van der Waals surface area (Å²) >= 11 is 8.08. The zero-order valence-electron chi connectivity index (χ0n) is 12.5. The summed E-state index contributed by atoms with van der Waals surface area (Å²) in [5, 5.41) is 4.47. The first kappa shape index (κ1) is 16.9. The van der Waals surface area contributed by atoms with Gasteiger partial charge in [0.05, 0.1) is 0 Å². The molecule has 0 heterocycles. The minimum Gasteiger partial charge on any atom is -0.313 e. The van der Waals surface area contributed by atoms with E-state index in [1.807, 2.05) is 23.9 Å². The van der Waals surface area contributed by atoms with E-state index in [2.05, 4.69) is 45.1 Å². The Kier molecular flexibility index (Phi) is 7.27. The largest absolute Gasteiger partial charge is 0.313 e. The molecule has 1 N–H and O–H groups in total. The van der Waals surface area contributed by atoms with Crippen LogP contribution in [0.2, 0.25) is 5.02 Å². The van der Waals surface area contributed by atoms with Crippen molar-refractivity contribution in [2.24, 2.45) is 0 Å². The van der Waals surface area contributed by atoms with Crippen LogP contribution in [-0.4, -0.2) is 23.1 Å². The quantitative estimate of drug-likeness (QED) is 0.777. The second-order valence-electron chi connectivity index (χ2n) is 5.91. The predicted octanol–water partition coefficient (Wildman–Crippen LogP) is 4.78. The molecule has 0 spiro atoms. The molecule has 1 rings (SSSR count). The molecule has 0 amide bonds. The number of halogens is 1. The van der Waals surface area contributed by atoms with Gasteiger partial charge in [0.2, 0.25) is 0 Å². The Labute approximate surface area is 127 Å². The third-order valence-corrected chi connectivity index (χ3v) is 4.44. The van der Waals surface area contributed by atoms with E-state index in [1.54, 1.807) is 0 Å². The Balaban J connectivity index is 2.58. The van der Waals surface area contributed by atoms with E-state index < -0.39 is 0 Å². The molecular formula is C16H26ClNS. The Morgan fingerprint density at radius 2 is 2.05 bits per heavy atom. The lowest BCUT2D eigenvalue weighted by atomic mass is 10.1. The highest BCUT2D eigenvalue weighted by atomic mass is 35.5. The van der Waals surface area contributed by atoms with Crippen molar-refractivity contribution in [2.75, 3.05) is 12.3 Å². The summed E-state index contributed by atoms with van der Waals surface area (Å²) in [7, 11) is 0. The maximum Gasteiger partial charge on any atom is 0.0408 e. The molecule has 0 saturated carbocycles. The van der Waals surface area contributed by atoms with Crippen LogP contribution in [0.3, 0.4) is 0 Å². The smallest absolute Gasteiger partial charge is 0.0408 e. The fourth-order valence-electron chi connectivity index (χ4n) is 1.84. The maximum atomic E-state index is 6.06. The second-order valence-corrected chi connectivity index (χ2v) is 8.19. The number of rotatable bonds is 7. The van der Waals surface area contributed by atoms with Crippen LogP contribution in [0.25, 0.3) is 0 Å². The molecule has 0 saturated heterocycles. The number of thioether (sulfide) groups is 1. The van der Waals surface area contributed by atoms with Crippen molar-refractivity contribution in [3.8, 4) is 0 Å². The van der Waals surface area contributed by atoms with E-state index in [0.717, 1.165) is 23.7 Å². The number of hydrogen-bond acceptors (Lipinski definition) is 2. The van der Waals surface area contributed by atoms with Crippen LogP contribution in [-0.2, 0) is 6.42 Å². The number of nitrogens with one attached hydrogen (secondary N) is 1. The second kappa shape index (κ2) is 8.18. The van der Waals surface area contributed by atoms with Crippen LogP contribution in [0.4, 0.5) is 0 Å². The van der Waals surface area contributed by atoms with Crippen molar-refractivity contribution in [3.05, 3.63) is 34.9 Å². The van der Waals surface area contributed by atoms with Gasteiger partial charge in [-0.15, -0.1) is 0 Å². The molecule has 0 aromatic heterocycles. The molecule has 1 aromatic rings. The van der Waals surface area contributed by atoms with Crippen LogP contribution < -0.4 is 5.32 Å². The van der Waals surface area contributed by atoms with E-state index in [-0.39, 0.29) is 0 Å². The van der Waals surface area contributed by atoms with E-state index >= 15 is 0 Å². The van der Waals surface area contributed by atoms with Crippen LogP contribution in [0.5, 0.6) is 0 Å². The van der Waals surface area contributed by atoms with Crippen molar-refractivity contribution >= 4 is 23.4 Å². The molecule has 1 aromatic carbocycles. The Bertz CT molecular complexity index is 373. The van der Waals surface area contributed by atoms with Crippen LogP contribution in [0.1, 0.15) is 39.7 Å². The van der Waals surface area contributed by atoms with Gasteiger partial charge in [-0.25, -0.2) is 0 Å². The average Bonchev–Trinajstić information content (AvgIpc) is 2.31. The Hall–Kier alpha value is -0.180. The normalized spacial score (nSPS) is 13.5. The molecule has 3 heteroatoms. The summed E-state index contributed by atoms with van der Waals surface area (Å²) in [6, 6.07) is 8.72. The van der Waals surface area contributed by atoms with Crippen molar-refractivity contribution in [1.82, 2.24) is 5.32 Å². The van der Waals surface area contributed by atoms with Crippen LogP contribution >= 0.6 is 23.4 Å². The van der Waals surface area contributed by atoms with E-state index in [0.29, 0.717) is 10.8 Å². The third kappa shape index (κ3) is 7.86. The van der Waals surface area contributed by atoms with Gasteiger partial charge < -0.3 is 5.32 Å². The monoisotopic (exact) mass is 299 g/mol. The van der Waals surface area contributed by atoms with Gasteiger partial charge in [0, 0.05) is 21.6 Å². The average molecular weight is 300 g/mol. The summed E-state index contributed by atoms with van der Waals surface area (Å²) in [6.07, 6.45) is 2.22. The Morgan fingerprint density at radius 1 is 1.32 bits per heavy atom. The topological polar surface area (TPSA) is 12.0 Å². The minimum absolute atomic E-state index is 0.320. The zero-order valence-corrected chi connectivity index (χ0v) is 14.1. The third-order valence-electron chi connectivity index (χ3n) is 2.77.